The Kier molecular flexibility index (Phi) is 8.64. The molecule has 0 atom stereocenters. The summed E-state index contributed by atoms with van der Waals surface area (Å²) in [5.41, 5.74) is 5.84. The number of allylic oxidation sites excluding steroid dienone is 1. The van der Waals surface area contributed by atoms with Crippen LogP contribution in [-0.2, 0) is 13.0 Å². The summed E-state index contributed by atoms with van der Waals surface area (Å²) in [5, 5.41) is 7.28. The van der Waals surface area contributed by atoms with Crippen molar-refractivity contribution in [2.75, 3.05) is 13.2 Å². The average Bonchev–Trinajstić information content (AvgIpc) is 3.41. The van der Waals surface area contributed by atoms with Gasteiger partial charge in [0, 0.05) is 10.9 Å². The molecular weight excluding hydrogens is 516 g/mol. The number of amides is 1. The molecule has 0 aliphatic heterocycles. The van der Waals surface area contributed by atoms with Gasteiger partial charge < -0.3 is 18.6 Å². The van der Waals surface area contributed by atoms with Crippen LogP contribution in [0.2, 0.25) is 0 Å². The highest BCUT2D eigenvalue weighted by molar-refractivity contribution is 5.97. The van der Waals surface area contributed by atoms with Crippen LogP contribution in [0.5, 0.6) is 17.2 Å². The highest BCUT2D eigenvalue weighted by atomic mass is 16.5. The van der Waals surface area contributed by atoms with E-state index in [4.69, 9.17) is 18.6 Å². The Labute approximate surface area is 239 Å². The third-order valence-corrected chi connectivity index (χ3v) is 6.42. The Morgan fingerprint density at radius 2 is 1.73 bits per heavy atom. The van der Waals surface area contributed by atoms with Gasteiger partial charge in [-0.1, -0.05) is 42.5 Å². The second kappa shape index (κ2) is 12.9. The summed E-state index contributed by atoms with van der Waals surface area (Å²) >= 11 is 0. The van der Waals surface area contributed by atoms with E-state index in [0.29, 0.717) is 43.3 Å². The lowest BCUT2D eigenvalue weighted by Crippen LogP contribution is -2.16. The molecule has 0 aliphatic rings. The first kappa shape index (κ1) is 27.5. The van der Waals surface area contributed by atoms with Crippen LogP contribution in [0.25, 0.3) is 21.7 Å². The molecule has 0 saturated carbocycles. The lowest BCUT2D eigenvalue weighted by Gasteiger charge is -2.17. The monoisotopic (exact) mass is 548 g/mol. The lowest BCUT2D eigenvalue weighted by atomic mass is 10.1. The average molecular weight is 549 g/mol. The number of fused-ring (bicyclic) bond motifs is 2. The van der Waals surface area contributed by atoms with Crippen molar-refractivity contribution in [1.29, 1.82) is 0 Å². The molecule has 0 saturated heterocycles. The molecule has 5 aromatic rings. The fraction of sp³-hybridized carbons (Fsp3) is 0.176. The Morgan fingerprint density at radius 1 is 0.902 bits per heavy atom. The number of nitrogens with zero attached hydrogens (tertiary/aromatic N) is 1. The number of hydrogen-bond donors (Lipinski definition) is 1. The number of hydrogen-bond acceptors (Lipinski definition) is 6. The van der Waals surface area contributed by atoms with E-state index in [1.54, 1.807) is 24.4 Å². The second-order valence-electron chi connectivity index (χ2n) is 9.35. The first-order chi connectivity index (χ1) is 20.1. The van der Waals surface area contributed by atoms with E-state index in [1.165, 1.54) is 5.39 Å². The van der Waals surface area contributed by atoms with Crippen molar-refractivity contribution in [2.45, 2.75) is 26.9 Å². The molecule has 0 aliphatic carbocycles. The van der Waals surface area contributed by atoms with E-state index in [2.05, 4.69) is 47.4 Å². The molecule has 41 heavy (non-hydrogen) atoms. The molecule has 1 heterocycles. The van der Waals surface area contributed by atoms with Gasteiger partial charge in [-0.3, -0.25) is 4.79 Å². The molecule has 7 heteroatoms. The summed E-state index contributed by atoms with van der Waals surface area (Å²) in [5.74, 6) is 1.68. The number of furan rings is 1. The van der Waals surface area contributed by atoms with Gasteiger partial charge in [0.15, 0.2) is 17.3 Å². The maximum Gasteiger partial charge on any atom is 0.307 e. The molecule has 0 radical (unpaired) electrons. The molecule has 208 valence electrons. The first-order valence-corrected chi connectivity index (χ1v) is 13.6. The molecule has 1 aromatic heterocycles. The van der Waals surface area contributed by atoms with Gasteiger partial charge in [-0.25, -0.2) is 5.43 Å². The Morgan fingerprint density at radius 3 is 2.54 bits per heavy atom. The molecule has 0 unspecified atom stereocenters. The van der Waals surface area contributed by atoms with Crippen LogP contribution in [0, 0.1) is 0 Å². The zero-order valence-corrected chi connectivity index (χ0v) is 23.2. The van der Waals surface area contributed by atoms with Gasteiger partial charge in [-0.2, -0.15) is 5.10 Å². The fourth-order valence-electron chi connectivity index (χ4n) is 4.59. The standard InChI is InChI=1S/C34H32N2O5/c1-4-9-27-17-24(21-35-36-34(37)32-20-28-19-29(38-5-2)14-15-30(28)41-32)18-31(39-6-3)33(27)40-22-23-12-13-25-10-7-8-11-26(25)16-23/h4,7-8,10-21H,1,5-6,9,22H2,2-3H3,(H,36,37)/b35-21+. The first-order valence-electron chi connectivity index (χ1n) is 13.6. The minimum absolute atomic E-state index is 0.158. The molecule has 0 bridgehead atoms. The predicted molar refractivity (Wildman–Crippen MR) is 162 cm³/mol. The predicted octanol–water partition coefficient (Wildman–Crippen LogP) is 7.45. The van der Waals surface area contributed by atoms with Crippen molar-refractivity contribution in [3.8, 4) is 17.2 Å². The summed E-state index contributed by atoms with van der Waals surface area (Å²) in [6, 6.07) is 25.4. The summed E-state index contributed by atoms with van der Waals surface area (Å²) in [6.45, 7) is 9.16. The van der Waals surface area contributed by atoms with E-state index in [1.807, 2.05) is 50.3 Å². The zero-order chi connectivity index (χ0) is 28.6. The maximum atomic E-state index is 12.7. The summed E-state index contributed by atoms with van der Waals surface area (Å²) < 4.78 is 23.5. The Hall–Kier alpha value is -5.04. The molecule has 5 rings (SSSR count). The molecule has 4 aromatic carbocycles. The van der Waals surface area contributed by atoms with Crippen LogP contribution in [0.1, 0.15) is 41.1 Å². The topological polar surface area (TPSA) is 82.3 Å². The highest BCUT2D eigenvalue weighted by Crippen LogP contribution is 2.34. The van der Waals surface area contributed by atoms with Gasteiger partial charge in [0.05, 0.1) is 19.4 Å². The minimum atomic E-state index is -0.456. The summed E-state index contributed by atoms with van der Waals surface area (Å²) in [4.78, 5) is 12.7. The van der Waals surface area contributed by atoms with Crippen LogP contribution >= 0.6 is 0 Å². The van der Waals surface area contributed by atoms with Gasteiger partial charge >= 0.3 is 5.91 Å². The zero-order valence-electron chi connectivity index (χ0n) is 23.2. The minimum Gasteiger partial charge on any atom is -0.494 e. The van der Waals surface area contributed by atoms with E-state index in [0.717, 1.165) is 33.2 Å². The number of carbonyl (C=O) groups is 1. The van der Waals surface area contributed by atoms with Crippen molar-refractivity contribution in [3.63, 3.8) is 0 Å². The number of carbonyl (C=O) groups excluding carboxylic acids is 1. The summed E-state index contributed by atoms with van der Waals surface area (Å²) in [7, 11) is 0. The normalized spacial score (nSPS) is 11.2. The molecule has 0 fully saturated rings. The maximum absolute atomic E-state index is 12.7. The number of nitrogens with one attached hydrogen (secondary N) is 1. The molecule has 1 amide bonds. The van der Waals surface area contributed by atoms with E-state index < -0.39 is 5.91 Å². The smallest absolute Gasteiger partial charge is 0.307 e. The van der Waals surface area contributed by atoms with Gasteiger partial charge in [-0.15, -0.1) is 6.58 Å². The number of hydrazone groups is 1. The van der Waals surface area contributed by atoms with Crippen molar-refractivity contribution < 1.29 is 23.4 Å². The number of benzene rings is 4. The van der Waals surface area contributed by atoms with Crippen molar-refractivity contribution >= 4 is 33.9 Å². The SMILES string of the molecule is C=CCc1cc(/C=N/NC(=O)c2cc3cc(OCC)ccc3o2)cc(OCC)c1OCc1ccc2ccccc2c1. The molecular formula is C34H32N2O5. The van der Waals surface area contributed by atoms with Crippen LogP contribution in [-0.4, -0.2) is 25.3 Å². The lowest BCUT2D eigenvalue weighted by molar-refractivity contribution is 0.0929. The number of ether oxygens (including phenoxy) is 3. The summed E-state index contributed by atoms with van der Waals surface area (Å²) in [6.07, 6.45) is 3.95. The molecule has 0 spiro atoms. The fourth-order valence-corrected chi connectivity index (χ4v) is 4.59. The van der Waals surface area contributed by atoms with Crippen molar-refractivity contribution in [3.05, 3.63) is 114 Å². The third-order valence-electron chi connectivity index (χ3n) is 6.42. The third kappa shape index (κ3) is 6.58. The van der Waals surface area contributed by atoms with Crippen molar-refractivity contribution in [1.82, 2.24) is 5.43 Å². The van der Waals surface area contributed by atoms with Crippen LogP contribution in [0.4, 0.5) is 0 Å². The quantitative estimate of drug-likeness (QED) is 0.0994. The Balaban J connectivity index is 1.32. The highest BCUT2D eigenvalue weighted by Gasteiger charge is 2.15. The van der Waals surface area contributed by atoms with E-state index >= 15 is 0 Å². The van der Waals surface area contributed by atoms with Crippen LogP contribution < -0.4 is 19.6 Å². The Bertz CT molecular complexity index is 1720. The second-order valence-corrected chi connectivity index (χ2v) is 9.35. The van der Waals surface area contributed by atoms with Crippen LogP contribution in [0.3, 0.4) is 0 Å². The van der Waals surface area contributed by atoms with Gasteiger partial charge in [0.1, 0.15) is 17.9 Å². The largest absolute Gasteiger partial charge is 0.494 e. The van der Waals surface area contributed by atoms with Crippen LogP contribution in [0.15, 0.2) is 101 Å². The van der Waals surface area contributed by atoms with Crippen molar-refractivity contribution in [2.24, 2.45) is 5.10 Å². The molecule has 1 N–H and O–H groups in total. The molecule has 7 nitrogen and oxygen atoms in total. The van der Waals surface area contributed by atoms with Gasteiger partial charge in [-0.05, 0) is 84.6 Å². The van der Waals surface area contributed by atoms with E-state index in [9.17, 15) is 4.79 Å². The van der Waals surface area contributed by atoms with Gasteiger partial charge in [0.25, 0.3) is 0 Å². The van der Waals surface area contributed by atoms with Gasteiger partial charge in [0.2, 0.25) is 0 Å². The number of rotatable bonds is 12. The van der Waals surface area contributed by atoms with E-state index in [-0.39, 0.29) is 5.76 Å².